The Balaban J connectivity index is 1.90. The lowest BCUT2D eigenvalue weighted by molar-refractivity contribution is -0.117. The van der Waals surface area contributed by atoms with Crippen molar-refractivity contribution in [3.63, 3.8) is 0 Å². The van der Waals surface area contributed by atoms with E-state index in [1.165, 1.54) is 27.6 Å². The maximum atomic E-state index is 13.6. The number of carbonyl (C=O) groups is 2. The van der Waals surface area contributed by atoms with Gasteiger partial charge in [0.15, 0.2) is 10.9 Å². The summed E-state index contributed by atoms with van der Waals surface area (Å²) in [6, 6.07) is 6.22. The summed E-state index contributed by atoms with van der Waals surface area (Å²) >= 11 is 2.48. The highest BCUT2D eigenvalue weighted by atomic mass is 32.1. The largest absolute Gasteiger partial charge is 0.503 e. The number of aliphatic hydroxyl groups is 1. The molecule has 0 saturated heterocycles. The molecule has 7 nitrogen and oxygen atoms in total. The number of aromatic nitrogens is 2. The minimum Gasteiger partial charge on any atom is -0.503 e. The van der Waals surface area contributed by atoms with E-state index in [0.29, 0.717) is 27.0 Å². The highest BCUT2D eigenvalue weighted by molar-refractivity contribution is 7.14. The first-order valence-electron chi connectivity index (χ1n) is 9.41. The summed E-state index contributed by atoms with van der Waals surface area (Å²) in [4.78, 5) is 37.0. The van der Waals surface area contributed by atoms with Crippen LogP contribution in [-0.2, 0) is 4.79 Å². The lowest BCUT2D eigenvalue weighted by Crippen LogP contribution is -2.31. The number of rotatable bonds is 7. The van der Waals surface area contributed by atoms with Crippen molar-refractivity contribution in [1.29, 1.82) is 0 Å². The number of benzene rings is 1. The molecule has 1 aliphatic heterocycles. The fraction of sp³-hybridized carbons (Fsp3) is 0.182. The third-order valence-corrected chi connectivity index (χ3v) is 6.60. The number of aliphatic hydroxyl groups excluding tert-OH is 1. The highest BCUT2D eigenvalue weighted by Crippen LogP contribution is 2.45. The smallest absolute Gasteiger partial charge is 0.296 e. The van der Waals surface area contributed by atoms with E-state index >= 15 is 0 Å². The summed E-state index contributed by atoms with van der Waals surface area (Å²) in [5.41, 5.74) is 1.11. The number of nitrogens with zero attached hydrogens (tertiary/aromatic N) is 3. The van der Waals surface area contributed by atoms with Crippen LogP contribution >= 0.6 is 22.7 Å². The number of anilines is 1. The zero-order chi connectivity index (χ0) is 22.1. The normalized spacial score (nSPS) is 16.1. The standard InChI is InChI=1S/C22H19N3O4S2/c1-4-10-29-15-8-6-5-7-14(15)17-16(18(26)20-12(2)24-13(3)31-20)19(27)21(28)25(17)22-23-9-11-30-22/h4-9,11,17,27H,1,10H2,2-3H3. The van der Waals surface area contributed by atoms with Crippen molar-refractivity contribution in [3.05, 3.63) is 81.0 Å². The SMILES string of the molecule is C=CCOc1ccccc1C1C(C(=O)c2sc(C)nc2C)=C(O)C(=O)N1c1nccs1. The quantitative estimate of drug-likeness (QED) is 0.416. The van der Waals surface area contributed by atoms with Crippen LogP contribution < -0.4 is 9.64 Å². The van der Waals surface area contributed by atoms with Crippen molar-refractivity contribution in [3.8, 4) is 5.75 Å². The van der Waals surface area contributed by atoms with Crippen LogP contribution in [0, 0.1) is 13.8 Å². The van der Waals surface area contributed by atoms with E-state index in [-0.39, 0.29) is 12.2 Å². The van der Waals surface area contributed by atoms with Gasteiger partial charge in [-0.05, 0) is 19.9 Å². The van der Waals surface area contributed by atoms with Crippen molar-refractivity contribution in [1.82, 2.24) is 9.97 Å². The molecule has 1 aromatic carbocycles. The minimum absolute atomic E-state index is 0.0124. The molecule has 0 saturated carbocycles. The predicted octanol–water partition coefficient (Wildman–Crippen LogP) is 4.56. The molecule has 0 radical (unpaired) electrons. The molecule has 0 aliphatic carbocycles. The van der Waals surface area contributed by atoms with Gasteiger partial charge < -0.3 is 9.84 Å². The Morgan fingerprint density at radius 2 is 2.13 bits per heavy atom. The predicted molar refractivity (Wildman–Crippen MR) is 120 cm³/mol. The second kappa shape index (κ2) is 8.44. The van der Waals surface area contributed by atoms with Gasteiger partial charge >= 0.3 is 0 Å². The monoisotopic (exact) mass is 453 g/mol. The molecule has 0 bridgehead atoms. The summed E-state index contributed by atoms with van der Waals surface area (Å²) in [6.07, 6.45) is 3.18. The maximum Gasteiger partial charge on any atom is 0.296 e. The fourth-order valence-electron chi connectivity index (χ4n) is 3.51. The Morgan fingerprint density at radius 1 is 1.35 bits per heavy atom. The second-order valence-corrected chi connectivity index (χ2v) is 8.84. The van der Waals surface area contributed by atoms with Gasteiger partial charge in [0, 0.05) is 17.1 Å². The third-order valence-electron chi connectivity index (χ3n) is 4.76. The lowest BCUT2D eigenvalue weighted by atomic mass is 9.94. The lowest BCUT2D eigenvalue weighted by Gasteiger charge is -2.26. The zero-order valence-corrected chi connectivity index (χ0v) is 18.5. The maximum absolute atomic E-state index is 13.6. The van der Waals surface area contributed by atoms with Gasteiger partial charge in [-0.25, -0.2) is 9.97 Å². The number of hydrogen-bond acceptors (Lipinski definition) is 8. The Kier molecular flexibility index (Phi) is 5.71. The van der Waals surface area contributed by atoms with Gasteiger partial charge in [-0.1, -0.05) is 30.9 Å². The molecule has 1 aliphatic rings. The molecule has 9 heteroatoms. The number of Topliss-reactive ketones (excluding diaryl/α,β-unsaturated/α-hetero) is 1. The van der Waals surface area contributed by atoms with Crippen molar-refractivity contribution < 1.29 is 19.4 Å². The van der Waals surface area contributed by atoms with Gasteiger partial charge in [0.25, 0.3) is 5.91 Å². The third kappa shape index (κ3) is 3.66. The molecular weight excluding hydrogens is 434 g/mol. The molecule has 0 spiro atoms. The molecule has 2 aromatic heterocycles. The first kappa shape index (κ1) is 21.0. The van der Waals surface area contributed by atoms with Gasteiger partial charge in [-0.2, -0.15) is 0 Å². The zero-order valence-electron chi connectivity index (χ0n) is 16.9. The number of para-hydroxylation sites is 1. The fourth-order valence-corrected chi connectivity index (χ4v) is 5.06. The summed E-state index contributed by atoms with van der Waals surface area (Å²) in [5.74, 6) is -1.22. The second-order valence-electron chi connectivity index (χ2n) is 6.77. The molecular formula is C22H19N3O4S2. The van der Waals surface area contributed by atoms with Gasteiger partial charge in [-0.15, -0.1) is 22.7 Å². The Bertz CT molecular complexity index is 1200. The molecule has 1 atom stereocenters. The van der Waals surface area contributed by atoms with Crippen LogP contribution in [0.4, 0.5) is 5.13 Å². The number of ketones is 1. The van der Waals surface area contributed by atoms with Crippen molar-refractivity contribution in [2.24, 2.45) is 0 Å². The molecule has 1 amide bonds. The molecule has 3 aromatic rings. The van der Waals surface area contributed by atoms with Crippen molar-refractivity contribution >= 4 is 39.5 Å². The molecule has 1 N–H and O–H groups in total. The summed E-state index contributed by atoms with van der Waals surface area (Å²) in [7, 11) is 0. The molecule has 31 heavy (non-hydrogen) atoms. The first-order chi connectivity index (χ1) is 14.9. The summed E-state index contributed by atoms with van der Waals surface area (Å²) < 4.78 is 5.80. The molecule has 3 heterocycles. The van der Waals surface area contributed by atoms with Gasteiger partial charge in [0.1, 0.15) is 18.4 Å². The summed E-state index contributed by atoms with van der Waals surface area (Å²) in [5, 5.41) is 13.7. The van der Waals surface area contributed by atoms with E-state index in [2.05, 4.69) is 16.5 Å². The highest BCUT2D eigenvalue weighted by Gasteiger charge is 2.47. The number of hydrogen-bond donors (Lipinski definition) is 1. The van der Waals surface area contributed by atoms with Crippen molar-refractivity contribution in [2.75, 3.05) is 11.5 Å². The van der Waals surface area contributed by atoms with Crippen molar-refractivity contribution in [2.45, 2.75) is 19.9 Å². The van der Waals surface area contributed by atoms with E-state index < -0.39 is 23.5 Å². The number of aryl methyl sites for hydroxylation is 2. The van der Waals surface area contributed by atoms with Gasteiger partial charge in [0.2, 0.25) is 5.78 Å². The molecule has 158 valence electrons. The van der Waals surface area contributed by atoms with Crippen LogP contribution in [0.5, 0.6) is 5.75 Å². The van der Waals surface area contributed by atoms with Crippen LogP contribution in [0.25, 0.3) is 0 Å². The van der Waals surface area contributed by atoms with E-state index in [1.807, 2.05) is 0 Å². The van der Waals surface area contributed by atoms with Crippen LogP contribution in [0.3, 0.4) is 0 Å². The molecule has 1 unspecified atom stereocenters. The first-order valence-corrected chi connectivity index (χ1v) is 11.1. The van der Waals surface area contributed by atoms with Gasteiger partial charge in [-0.3, -0.25) is 14.5 Å². The van der Waals surface area contributed by atoms with E-state index in [9.17, 15) is 14.7 Å². The average molecular weight is 454 g/mol. The van der Waals surface area contributed by atoms with E-state index in [4.69, 9.17) is 4.74 Å². The van der Waals surface area contributed by atoms with E-state index in [1.54, 1.807) is 55.8 Å². The molecule has 4 rings (SSSR count). The van der Waals surface area contributed by atoms with Crippen LogP contribution in [-0.4, -0.2) is 33.4 Å². The number of amides is 1. The number of carbonyl (C=O) groups excluding carboxylic acids is 2. The Hall–Kier alpha value is -3.30. The van der Waals surface area contributed by atoms with E-state index in [0.717, 1.165) is 5.01 Å². The van der Waals surface area contributed by atoms with Crippen LogP contribution in [0.2, 0.25) is 0 Å². The minimum atomic E-state index is -0.894. The topological polar surface area (TPSA) is 92.6 Å². The Labute approximate surface area is 187 Å². The van der Waals surface area contributed by atoms with Crippen LogP contribution in [0.15, 0.2) is 59.8 Å². The Morgan fingerprint density at radius 3 is 2.77 bits per heavy atom. The number of thiazole rings is 2. The molecule has 0 fully saturated rings. The summed E-state index contributed by atoms with van der Waals surface area (Å²) in [6.45, 7) is 7.46. The number of ether oxygens (including phenoxy) is 1. The average Bonchev–Trinajstić information content (AvgIpc) is 3.45. The van der Waals surface area contributed by atoms with Crippen LogP contribution in [0.1, 0.15) is 32.0 Å². The van der Waals surface area contributed by atoms with Gasteiger partial charge in [0.05, 0.1) is 21.2 Å².